The van der Waals surface area contributed by atoms with Crippen molar-refractivity contribution < 1.29 is 0 Å². The molecule has 7 heteroatoms. The highest BCUT2D eigenvalue weighted by Gasteiger charge is 2.24. The maximum atomic E-state index is 2.42. The minimum atomic E-state index is 1.03. The Morgan fingerprint density at radius 3 is 0.748 bits per heavy atom. The second kappa shape index (κ2) is 29.1. The highest BCUT2D eigenvalue weighted by atomic mass is 15.2. The fourth-order valence-corrected chi connectivity index (χ4v) is 17.3. The number of anilines is 12. The van der Waals surface area contributed by atoms with Crippen molar-refractivity contribution in [2.45, 2.75) is 0 Å². The number of hydrogen-bond donors (Lipinski definition) is 0. The summed E-state index contributed by atoms with van der Waals surface area (Å²) in [5.74, 6) is 0. The average Bonchev–Trinajstić information content (AvgIpc) is 1.59. The predicted octanol–water partition coefficient (Wildman–Crippen LogP) is 29.9. The third kappa shape index (κ3) is 12.3. The van der Waals surface area contributed by atoms with Gasteiger partial charge in [-0.25, -0.2) is 0 Å². The summed E-state index contributed by atoms with van der Waals surface area (Å²) < 4.78 is 7.17. The molecule has 0 spiro atoms. The first-order chi connectivity index (χ1) is 57.1. The molecule has 0 aliphatic rings. The van der Waals surface area contributed by atoms with Crippen LogP contribution in [-0.2, 0) is 0 Å². The molecule has 0 saturated heterocycles. The van der Waals surface area contributed by atoms with E-state index < -0.39 is 0 Å². The molecule has 21 rings (SSSR count). The van der Waals surface area contributed by atoms with E-state index in [1.807, 2.05) is 0 Å². The molecule has 0 unspecified atom stereocenters. The van der Waals surface area contributed by atoms with Gasteiger partial charge < -0.3 is 33.3 Å². The average molecular weight is 1470 g/mol. The van der Waals surface area contributed by atoms with Crippen molar-refractivity contribution in [2.24, 2.45) is 0 Å². The fraction of sp³-hybridized carbons (Fsp3) is 0. The van der Waals surface area contributed by atoms with E-state index in [4.69, 9.17) is 0 Å². The van der Waals surface area contributed by atoms with Crippen molar-refractivity contribution in [3.05, 3.63) is 455 Å². The first-order valence-electron chi connectivity index (χ1n) is 39.3. The Bertz CT molecular complexity index is 6970. The second-order valence-electron chi connectivity index (χ2n) is 29.3. The fourth-order valence-electron chi connectivity index (χ4n) is 17.3. The Hall–Kier alpha value is -15.4. The van der Waals surface area contributed by atoms with Gasteiger partial charge in [-0.05, 0) is 252 Å². The quantitative estimate of drug-likeness (QED) is 0.0856. The molecule has 18 aromatic carbocycles. The zero-order chi connectivity index (χ0) is 76.1. The van der Waals surface area contributed by atoms with Crippen LogP contribution in [-0.4, -0.2) is 13.7 Å². The van der Waals surface area contributed by atoms with E-state index in [0.29, 0.717) is 0 Å². The molecule has 542 valence electrons. The van der Waals surface area contributed by atoms with Crippen LogP contribution < -0.4 is 19.6 Å². The Morgan fingerprint density at radius 2 is 0.374 bits per heavy atom. The summed E-state index contributed by atoms with van der Waals surface area (Å²) >= 11 is 0. The van der Waals surface area contributed by atoms with Crippen molar-refractivity contribution in [3.63, 3.8) is 0 Å². The lowest BCUT2D eigenvalue weighted by molar-refractivity contribution is 1.18. The van der Waals surface area contributed by atoms with Crippen LogP contribution in [0.4, 0.5) is 68.2 Å². The maximum absolute atomic E-state index is 2.42. The van der Waals surface area contributed by atoms with Crippen molar-refractivity contribution in [3.8, 4) is 50.4 Å². The highest BCUT2D eigenvalue weighted by Crippen LogP contribution is 2.47. The van der Waals surface area contributed by atoms with Gasteiger partial charge in [0.25, 0.3) is 0 Å². The molecular formula is C108H75N7. The van der Waals surface area contributed by atoms with Gasteiger partial charge in [-0.3, -0.25) is 0 Å². The van der Waals surface area contributed by atoms with E-state index in [2.05, 4.69) is 488 Å². The van der Waals surface area contributed by atoms with E-state index in [0.717, 1.165) is 124 Å². The van der Waals surface area contributed by atoms with Crippen molar-refractivity contribution in [1.29, 1.82) is 0 Å². The van der Waals surface area contributed by atoms with Gasteiger partial charge in [-0.1, -0.05) is 237 Å². The minimum Gasteiger partial charge on any atom is -0.311 e. The normalized spacial score (nSPS) is 11.5. The molecule has 0 N–H and O–H groups in total. The number of hydrogen-bond acceptors (Lipinski definition) is 4. The lowest BCUT2D eigenvalue weighted by atomic mass is 9.99. The van der Waals surface area contributed by atoms with Crippen LogP contribution in [0.1, 0.15) is 0 Å². The number of benzene rings is 18. The molecule has 0 bridgehead atoms. The summed E-state index contributed by atoms with van der Waals surface area (Å²) in [5.41, 5.74) is 30.1. The molecule has 0 saturated carbocycles. The summed E-state index contributed by atoms with van der Waals surface area (Å²) in [7, 11) is 0. The first-order valence-corrected chi connectivity index (χ1v) is 39.3. The number of aromatic nitrogens is 3. The van der Waals surface area contributed by atoms with Gasteiger partial charge in [0.2, 0.25) is 0 Å². The van der Waals surface area contributed by atoms with Gasteiger partial charge in [0.05, 0.1) is 33.1 Å². The van der Waals surface area contributed by atoms with Gasteiger partial charge in [-0.2, -0.15) is 0 Å². The maximum Gasteiger partial charge on any atom is 0.0547 e. The molecule has 3 heterocycles. The van der Waals surface area contributed by atoms with E-state index in [1.165, 1.54) is 59.9 Å². The van der Waals surface area contributed by atoms with E-state index in [9.17, 15) is 0 Å². The van der Waals surface area contributed by atoms with Gasteiger partial charge >= 0.3 is 0 Å². The molecule has 21 aromatic rings. The molecule has 3 aromatic heterocycles. The number of rotatable bonds is 18. The monoisotopic (exact) mass is 1470 g/mol. The number of para-hydroxylation sites is 9. The zero-order valence-electron chi connectivity index (χ0n) is 62.9. The molecule has 0 radical (unpaired) electrons. The van der Waals surface area contributed by atoms with Crippen LogP contribution in [0.2, 0.25) is 0 Å². The van der Waals surface area contributed by atoms with E-state index >= 15 is 0 Å². The lowest BCUT2D eigenvalue weighted by Gasteiger charge is -2.29. The van der Waals surface area contributed by atoms with Crippen molar-refractivity contribution in [2.75, 3.05) is 19.6 Å². The zero-order valence-corrected chi connectivity index (χ0v) is 62.9. The van der Waals surface area contributed by atoms with Crippen LogP contribution in [0, 0.1) is 0 Å². The summed E-state index contributed by atoms with van der Waals surface area (Å²) in [6, 6.07) is 165. The Balaban J connectivity index is 0.583. The van der Waals surface area contributed by atoms with Crippen LogP contribution in [0.15, 0.2) is 455 Å². The molecule has 0 aliphatic carbocycles. The summed E-state index contributed by atoms with van der Waals surface area (Å²) in [4.78, 5) is 9.39. The molecule has 0 fully saturated rings. The lowest BCUT2D eigenvalue weighted by Crippen LogP contribution is -2.13. The smallest absolute Gasteiger partial charge is 0.0547 e. The molecule has 0 aliphatic heterocycles. The van der Waals surface area contributed by atoms with E-state index in [-0.39, 0.29) is 0 Å². The SMILES string of the molecule is c1ccc(N(c2ccccc2)c2ccc(N(c3ccc(-c4ccc(-n5c6ccccc6c6ccccc65)cc4)cc3)c3ccc(N(c4ccccc4)c4ccc(-c5cccc6c5c5ccccc5n6-c5ccc(-c6ccc(N(c7ccccc7)c7ccc8c(c7)c7ccccc7n8-c7ccccc7)cc6)cc5)cc4)cc3)cc2)cc1. The molecule has 7 nitrogen and oxygen atoms in total. The molecule has 115 heavy (non-hydrogen) atoms. The molecular weight excluding hydrogens is 1400 g/mol. The van der Waals surface area contributed by atoms with Gasteiger partial charge in [0.15, 0.2) is 0 Å². The first kappa shape index (κ1) is 67.7. The van der Waals surface area contributed by atoms with Crippen LogP contribution >= 0.6 is 0 Å². The van der Waals surface area contributed by atoms with Gasteiger partial charge in [-0.15, -0.1) is 0 Å². The third-order valence-electron chi connectivity index (χ3n) is 22.6. The van der Waals surface area contributed by atoms with Gasteiger partial charge in [0.1, 0.15) is 0 Å². The summed E-state index contributed by atoms with van der Waals surface area (Å²) in [6.45, 7) is 0. The predicted molar refractivity (Wildman–Crippen MR) is 484 cm³/mol. The van der Waals surface area contributed by atoms with Gasteiger partial charge in [0, 0.05) is 118 Å². The number of nitrogens with zero attached hydrogens (tertiary/aromatic N) is 7. The van der Waals surface area contributed by atoms with Crippen molar-refractivity contribution >= 4 is 134 Å². The standard InChI is InChI=1S/C108H75N7/c1-6-25-81(26-7-1)109(82-27-8-2-9-28-82)89-65-69-91(70-66-89)111(86-55-45-76(46-56-86)78-49-59-93(60-50-78)114-102-40-20-16-35-97(102)98-36-17-21-41-103(98)114)92-71-67-90(68-72-92)110(83-29-10-3-11-30-83)87-63-53-80(54-64-87)96-39-24-44-107-108(96)100-38-19-23-43-105(100)115(107)94-61-51-79(52-62-94)77-47-57-88(58-48-77)112(84-31-12-4-13-32-84)95-73-74-106-101(75-95)99-37-18-22-42-104(99)113(106)85-33-14-5-15-34-85/h1-75H. The molecule has 0 amide bonds. The number of fused-ring (bicyclic) bond motifs is 9. The van der Waals surface area contributed by atoms with Crippen LogP contribution in [0.5, 0.6) is 0 Å². The van der Waals surface area contributed by atoms with Crippen LogP contribution in [0.25, 0.3) is 116 Å². The van der Waals surface area contributed by atoms with E-state index in [1.54, 1.807) is 0 Å². The molecule has 0 atom stereocenters. The largest absolute Gasteiger partial charge is 0.311 e. The summed E-state index contributed by atoms with van der Waals surface area (Å²) in [6.07, 6.45) is 0. The highest BCUT2D eigenvalue weighted by molar-refractivity contribution is 6.16. The van der Waals surface area contributed by atoms with Crippen LogP contribution in [0.3, 0.4) is 0 Å². The third-order valence-corrected chi connectivity index (χ3v) is 22.6. The van der Waals surface area contributed by atoms with Crippen molar-refractivity contribution in [1.82, 2.24) is 13.7 Å². The Labute approximate surface area is 668 Å². The minimum absolute atomic E-state index is 1.03. The topological polar surface area (TPSA) is 27.8 Å². The Morgan fingerprint density at radius 1 is 0.139 bits per heavy atom. The second-order valence-corrected chi connectivity index (χ2v) is 29.3. The summed E-state index contributed by atoms with van der Waals surface area (Å²) in [5, 5.41) is 7.36. The Kier molecular flexibility index (Phi) is 17.1.